The molecule has 8 heteroatoms. The number of amides is 1. The van der Waals surface area contributed by atoms with Crippen LogP contribution in [0.3, 0.4) is 0 Å². The predicted octanol–water partition coefficient (Wildman–Crippen LogP) is 1.06. The summed E-state index contributed by atoms with van der Waals surface area (Å²) in [7, 11) is 1.63. The molecule has 1 aromatic carbocycles. The molecule has 1 aromatic heterocycles. The fraction of sp³-hybridized carbons (Fsp3) is 0.294. The second-order valence-electron chi connectivity index (χ2n) is 5.39. The molecule has 2 aromatic rings. The van der Waals surface area contributed by atoms with E-state index in [0.29, 0.717) is 31.3 Å². The van der Waals surface area contributed by atoms with E-state index in [9.17, 15) is 9.59 Å². The van der Waals surface area contributed by atoms with Crippen molar-refractivity contribution >= 4 is 11.9 Å². The molecule has 2 heterocycles. The number of fused-ring (bicyclic) bond motifs is 1. The summed E-state index contributed by atoms with van der Waals surface area (Å²) in [4.78, 5) is 33.0. The Balaban J connectivity index is 1.53. The van der Waals surface area contributed by atoms with E-state index in [4.69, 9.17) is 14.2 Å². The smallest absolute Gasteiger partial charge is 0.359 e. The van der Waals surface area contributed by atoms with E-state index in [1.165, 1.54) is 23.5 Å². The Morgan fingerprint density at radius 1 is 1.20 bits per heavy atom. The van der Waals surface area contributed by atoms with E-state index in [-0.39, 0.29) is 18.2 Å². The molecule has 0 unspecified atom stereocenters. The minimum atomic E-state index is -0.686. The lowest BCUT2D eigenvalue weighted by molar-refractivity contribution is -0.133. The summed E-state index contributed by atoms with van der Waals surface area (Å²) in [5, 5.41) is 0. The number of esters is 1. The summed E-state index contributed by atoms with van der Waals surface area (Å²) in [5.41, 5.74) is 0.949. The monoisotopic (exact) mass is 343 g/mol. The largest absolute Gasteiger partial charge is 0.486 e. The van der Waals surface area contributed by atoms with Crippen LogP contribution in [0.1, 0.15) is 16.1 Å². The molecule has 0 fully saturated rings. The number of carbonyl (C=O) groups excluding carboxylic acids is 2. The average molecular weight is 343 g/mol. The van der Waals surface area contributed by atoms with E-state index >= 15 is 0 Å². The van der Waals surface area contributed by atoms with Crippen LogP contribution in [0.4, 0.5) is 0 Å². The molecule has 130 valence electrons. The van der Waals surface area contributed by atoms with Crippen LogP contribution in [-0.2, 0) is 16.1 Å². The number of likely N-dealkylation sites (N-methyl/N-ethyl adjacent to an activating group) is 1. The lowest BCUT2D eigenvalue weighted by atomic mass is 10.2. The van der Waals surface area contributed by atoms with Crippen LogP contribution in [0.5, 0.6) is 11.5 Å². The minimum absolute atomic E-state index is 0.0600. The SMILES string of the molecule is CN(Cc1ccc2c(c1)OCCO2)C(=O)COC(=O)c1cnccn1. The number of aromatic nitrogens is 2. The summed E-state index contributed by atoms with van der Waals surface area (Å²) >= 11 is 0. The fourth-order valence-electron chi connectivity index (χ4n) is 2.26. The number of ether oxygens (including phenoxy) is 3. The molecule has 0 saturated carbocycles. The highest BCUT2D eigenvalue weighted by Gasteiger charge is 2.16. The van der Waals surface area contributed by atoms with Gasteiger partial charge in [0.05, 0.1) is 6.20 Å². The zero-order valence-electron chi connectivity index (χ0n) is 13.7. The minimum Gasteiger partial charge on any atom is -0.486 e. The van der Waals surface area contributed by atoms with Crippen molar-refractivity contribution in [2.24, 2.45) is 0 Å². The van der Waals surface area contributed by atoms with Crippen LogP contribution >= 0.6 is 0 Å². The van der Waals surface area contributed by atoms with Gasteiger partial charge in [-0.05, 0) is 17.7 Å². The molecule has 1 aliphatic rings. The highest BCUT2D eigenvalue weighted by atomic mass is 16.6. The molecule has 0 atom stereocenters. The summed E-state index contributed by atoms with van der Waals surface area (Å²) < 4.78 is 15.9. The van der Waals surface area contributed by atoms with Crippen molar-refractivity contribution in [2.75, 3.05) is 26.9 Å². The van der Waals surface area contributed by atoms with Crippen molar-refractivity contribution < 1.29 is 23.8 Å². The maximum Gasteiger partial charge on any atom is 0.359 e. The van der Waals surface area contributed by atoms with Gasteiger partial charge in [-0.3, -0.25) is 9.78 Å². The number of nitrogens with zero attached hydrogens (tertiary/aromatic N) is 3. The van der Waals surface area contributed by atoms with Gasteiger partial charge in [0.25, 0.3) is 5.91 Å². The van der Waals surface area contributed by atoms with Gasteiger partial charge in [-0.2, -0.15) is 0 Å². The van der Waals surface area contributed by atoms with Crippen molar-refractivity contribution in [1.82, 2.24) is 14.9 Å². The molecular weight excluding hydrogens is 326 g/mol. The van der Waals surface area contributed by atoms with Gasteiger partial charge >= 0.3 is 5.97 Å². The normalized spacial score (nSPS) is 12.4. The van der Waals surface area contributed by atoms with E-state index in [1.807, 2.05) is 18.2 Å². The first-order chi connectivity index (χ1) is 12.1. The number of carbonyl (C=O) groups is 2. The van der Waals surface area contributed by atoms with Crippen LogP contribution in [0.15, 0.2) is 36.8 Å². The molecule has 0 aliphatic carbocycles. The highest BCUT2D eigenvalue weighted by Crippen LogP contribution is 2.31. The Kier molecular flexibility index (Phi) is 5.08. The van der Waals surface area contributed by atoms with Crippen LogP contribution < -0.4 is 9.47 Å². The number of hydrogen-bond acceptors (Lipinski definition) is 7. The first-order valence-corrected chi connectivity index (χ1v) is 7.69. The predicted molar refractivity (Wildman–Crippen MR) is 86.2 cm³/mol. The van der Waals surface area contributed by atoms with Crippen molar-refractivity contribution in [3.63, 3.8) is 0 Å². The van der Waals surface area contributed by atoms with Gasteiger partial charge in [0.1, 0.15) is 13.2 Å². The zero-order valence-corrected chi connectivity index (χ0v) is 13.7. The Labute approximate surface area is 144 Å². The molecule has 0 bridgehead atoms. The lowest BCUT2D eigenvalue weighted by Gasteiger charge is -2.21. The van der Waals surface area contributed by atoms with Gasteiger partial charge in [0.15, 0.2) is 23.8 Å². The van der Waals surface area contributed by atoms with E-state index in [0.717, 1.165) is 5.56 Å². The second-order valence-corrected chi connectivity index (χ2v) is 5.39. The molecule has 3 rings (SSSR count). The van der Waals surface area contributed by atoms with E-state index < -0.39 is 5.97 Å². The second kappa shape index (κ2) is 7.61. The van der Waals surface area contributed by atoms with Gasteiger partial charge in [-0.15, -0.1) is 0 Å². The lowest BCUT2D eigenvalue weighted by Crippen LogP contribution is -2.31. The first-order valence-electron chi connectivity index (χ1n) is 7.69. The number of rotatable bonds is 5. The molecule has 0 N–H and O–H groups in total. The standard InChI is InChI=1S/C17H17N3O5/c1-20(10-12-2-3-14-15(8-12)24-7-6-23-14)16(21)11-25-17(22)13-9-18-4-5-19-13/h2-5,8-9H,6-7,10-11H2,1H3. The zero-order chi connectivity index (χ0) is 17.6. The quantitative estimate of drug-likeness (QED) is 0.750. The van der Waals surface area contributed by atoms with Gasteiger partial charge in [-0.25, -0.2) is 9.78 Å². The Hall–Kier alpha value is -3.16. The van der Waals surface area contributed by atoms with E-state index in [1.54, 1.807) is 7.05 Å². The van der Waals surface area contributed by atoms with Crippen molar-refractivity contribution in [3.05, 3.63) is 48.0 Å². The summed E-state index contributed by atoms with van der Waals surface area (Å²) in [5.74, 6) is 0.349. The fourth-order valence-corrected chi connectivity index (χ4v) is 2.26. The van der Waals surface area contributed by atoms with Gasteiger partial charge < -0.3 is 19.1 Å². The van der Waals surface area contributed by atoms with Gasteiger partial charge in [0, 0.05) is 26.0 Å². The maximum absolute atomic E-state index is 12.1. The molecule has 0 spiro atoms. The Morgan fingerprint density at radius 2 is 2.00 bits per heavy atom. The van der Waals surface area contributed by atoms with Crippen molar-refractivity contribution in [3.8, 4) is 11.5 Å². The Morgan fingerprint density at radius 3 is 2.76 bits per heavy atom. The summed E-state index contributed by atoms with van der Waals surface area (Å²) in [6.45, 7) is 1.03. The average Bonchev–Trinajstić information content (AvgIpc) is 2.66. The van der Waals surface area contributed by atoms with Crippen LogP contribution in [0.25, 0.3) is 0 Å². The molecule has 25 heavy (non-hydrogen) atoms. The van der Waals surface area contributed by atoms with E-state index in [2.05, 4.69) is 9.97 Å². The molecule has 1 amide bonds. The van der Waals surface area contributed by atoms with Gasteiger partial charge in [0.2, 0.25) is 0 Å². The third kappa shape index (κ3) is 4.23. The molecule has 0 saturated heterocycles. The van der Waals surface area contributed by atoms with Crippen molar-refractivity contribution in [1.29, 1.82) is 0 Å². The third-order valence-corrected chi connectivity index (χ3v) is 3.55. The molecule has 8 nitrogen and oxygen atoms in total. The maximum atomic E-state index is 12.1. The van der Waals surface area contributed by atoms with Gasteiger partial charge in [-0.1, -0.05) is 6.07 Å². The summed E-state index contributed by atoms with van der Waals surface area (Å²) in [6.07, 6.45) is 4.11. The number of benzene rings is 1. The molecule has 0 radical (unpaired) electrons. The highest BCUT2D eigenvalue weighted by molar-refractivity contribution is 5.89. The number of hydrogen-bond donors (Lipinski definition) is 0. The van der Waals surface area contributed by atoms with Crippen molar-refractivity contribution in [2.45, 2.75) is 6.54 Å². The molecule has 1 aliphatic heterocycles. The topological polar surface area (TPSA) is 90.8 Å². The van der Waals surface area contributed by atoms with Crippen LogP contribution in [0, 0.1) is 0 Å². The Bertz CT molecular complexity index is 766. The van der Waals surface area contributed by atoms with Crippen LogP contribution in [0.2, 0.25) is 0 Å². The third-order valence-electron chi connectivity index (χ3n) is 3.55. The summed E-state index contributed by atoms with van der Waals surface area (Å²) in [6, 6.07) is 5.52. The first kappa shape index (κ1) is 16.7. The van der Waals surface area contributed by atoms with Crippen LogP contribution in [-0.4, -0.2) is 53.6 Å². The molecular formula is C17H17N3O5.